The normalized spacial score (nSPS) is 11.5. The van der Waals surface area contributed by atoms with Gasteiger partial charge in [0.15, 0.2) is 0 Å². The van der Waals surface area contributed by atoms with Crippen LogP contribution in [0.25, 0.3) is 0 Å². The lowest BCUT2D eigenvalue weighted by Crippen LogP contribution is -3.00. The van der Waals surface area contributed by atoms with E-state index >= 15 is 0 Å². The number of nitrogens with zero attached hydrogens (tertiary/aromatic N) is 1. The first-order valence-corrected chi connectivity index (χ1v) is 8.71. The van der Waals surface area contributed by atoms with Gasteiger partial charge in [-0.2, -0.15) is 0 Å². The summed E-state index contributed by atoms with van der Waals surface area (Å²) in [6.45, 7) is 4.97. The summed E-state index contributed by atoms with van der Waals surface area (Å²) in [5.41, 5.74) is 0. The second kappa shape index (κ2) is 15.5. The Morgan fingerprint density at radius 3 is 1.82 bits per heavy atom. The molecule has 0 radical (unpaired) electrons. The molecule has 0 aliphatic heterocycles. The smallest absolute Gasteiger partial charge is 0.389 e. The van der Waals surface area contributed by atoms with E-state index < -0.39 is 0 Å². The number of quaternary nitrogens is 1. The predicted octanol–water partition coefficient (Wildman–Crippen LogP) is 2.02. The van der Waals surface area contributed by atoms with Gasteiger partial charge in [-0.3, -0.25) is 4.84 Å². The number of carbonyl (C=O) groups is 1. The first kappa shape index (κ1) is 23.9. The van der Waals surface area contributed by atoms with Gasteiger partial charge in [0.25, 0.3) is 0 Å². The van der Waals surface area contributed by atoms with Gasteiger partial charge in [-0.15, -0.1) is 4.65 Å². The van der Waals surface area contributed by atoms with Crippen molar-refractivity contribution in [1.82, 2.24) is 0 Å². The molecule has 0 aliphatic carbocycles. The molecule has 0 saturated heterocycles. The Balaban J connectivity index is 0. The minimum Gasteiger partial charge on any atom is -1.00 e. The van der Waals surface area contributed by atoms with Crippen LogP contribution >= 0.6 is 0 Å². The lowest BCUT2D eigenvalue weighted by atomic mass is 10.1. The van der Waals surface area contributed by atoms with E-state index in [9.17, 15) is 4.79 Å². The average molecular weight is 378 g/mol. The molecule has 0 spiro atoms. The Kier molecular flexibility index (Phi) is 16.9. The number of hydroxylamine groups is 3. The highest BCUT2D eigenvalue weighted by molar-refractivity contribution is 5.81. The summed E-state index contributed by atoms with van der Waals surface area (Å²) in [4.78, 5) is 16.8. The third kappa shape index (κ3) is 16.0. The van der Waals surface area contributed by atoms with Gasteiger partial charge in [-0.25, -0.2) is 4.79 Å². The summed E-state index contributed by atoms with van der Waals surface area (Å²) < 4.78 is 0.320. The first-order chi connectivity index (χ1) is 10.0. The number of hydrogen-bond acceptors (Lipinski definition) is 2. The topological polar surface area (TPSA) is 26.3 Å². The van der Waals surface area contributed by atoms with E-state index in [1.165, 1.54) is 63.9 Å². The van der Waals surface area contributed by atoms with E-state index in [1.54, 1.807) is 6.08 Å². The molecule has 0 N–H and O–H groups in total. The number of hydrogen-bond donors (Lipinski definition) is 0. The maximum absolute atomic E-state index is 11.4. The summed E-state index contributed by atoms with van der Waals surface area (Å²) in [5, 5.41) is 0. The molecule has 0 atom stereocenters. The summed E-state index contributed by atoms with van der Waals surface area (Å²) >= 11 is 0. The fourth-order valence-corrected chi connectivity index (χ4v) is 2.44. The summed E-state index contributed by atoms with van der Waals surface area (Å²) in [6.07, 6.45) is 16.5. The van der Waals surface area contributed by atoms with E-state index in [1.807, 2.05) is 21.0 Å². The average Bonchev–Trinajstić information content (AvgIpc) is 2.40. The van der Waals surface area contributed by atoms with Crippen molar-refractivity contribution >= 4 is 5.97 Å². The molecule has 0 saturated carbocycles. The van der Waals surface area contributed by atoms with Crippen molar-refractivity contribution in [2.75, 3.05) is 20.6 Å². The molecule has 0 aromatic heterocycles. The number of rotatable bonds is 13. The third-order valence-electron chi connectivity index (χ3n) is 3.69. The van der Waals surface area contributed by atoms with Crippen molar-refractivity contribution < 1.29 is 31.3 Å². The van der Waals surface area contributed by atoms with Crippen LogP contribution in [0.4, 0.5) is 0 Å². The maximum Gasteiger partial charge on any atom is 0.389 e. The lowest BCUT2D eigenvalue weighted by molar-refractivity contribution is -1.06. The molecule has 0 heterocycles. The van der Waals surface area contributed by atoms with Gasteiger partial charge < -0.3 is 17.0 Å². The molecule has 0 amide bonds. The number of carbonyl (C=O) groups excluding carboxylic acids is 1. The van der Waals surface area contributed by atoms with Gasteiger partial charge in [-0.05, 0) is 13.3 Å². The molecular formula is C18H36BrNO2. The van der Waals surface area contributed by atoms with Gasteiger partial charge in [0.1, 0.15) is 20.6 Å². The van der Waals surface area contributed by atoms with Crippen LogP contribution < -0.4 is 17.0 Å². The monoisotopic (exact) mass is 377 g/mol. The van der Waals surface area contributed by atoms with Gasteiger partial charge in [0.05, 0.1) is 0 Å². The summed E-state index contributed by atoms with van der Waals surface area (Å²) in [6, 6.07) is 0. The summed E-state index contributed by atoms with van der Waals surface area (Å²) in [5.74, 6) is -0.255. The van der Waals surface area contributed by atoms with E-state index in [4.69, 9.17) is 4.84 Å². The third-order valence-corrected chi connectivity index (χ3v) is 3.69. The Morgan fingerprint density at radius 2 is 1.36 bits per heavy atom. The fourth-order valence-electron chi connectivity index (χ4n) is 2.44. The zero-order valence-corrected chi connectivity index (χ0v) is 16.7. The Hall–Kier alpha value is -0.350. The molecule has 4 heteroatoms. The van der Waals surface area contributed by atoms with Gasteiger partial charge in [0, 0.05) is 12.5 Å². The second-order valence-corrected chi connectivity index (χ2v) is 6.39. The SMILES string of the molecule is CC=CC(=O)O[N+](C)(C)CCCCCCCCCCCC.[Br-]. The van der Waals surface area contributed by atoms with Crippen LogP contribution in [0.3, 0.4) is 0 Å². The Morgan fingerprint density at radius 1 is 0.909 bits per heavy atom. The molecule has 0 aliphatic rings. The van der Waals surface area contributed by atoms with Crippen LogP contribution in [-0.4, -0.2) is 31.3 Å². The molecule has 132 valence electrons. The molecule has 22 heavy (non-hydrogen) atoms. The summed E-state index contributed by atoms with van der Waals surface area (Å²) in [7, 11) is 3.88. The maximum atomic E-state index is 11.4. The van der Waals surface area contributed by atoms with E-state index in [2.05, 4.69) is 6.92 Å². The highest BCUT2D eigenvalue weighted by Gasteiger charge is 2.19. The number of halogens is 1. The Bertz CT molecular complexity index is 291. The molecule has 0 fully saturated rings. The van der Waals surface area contributed by atoms with Crippen molar-refractivity contribution in [2.45, 2.75) is 78.1 Å². The van der Waals surface area contributed by atoms with E-state index in [0.717, 1.165) is 13.0 Å². The van der Waals surface area contributed by atoms with Crippen LogP contribution in [0.15, 0.2) is 12.2 Å². The van der Waals surface area contributed by atoms with Gasteiger partial charge in [0.2, 0.25) is 0 Å². The number of allylic oxidation sites excluding steroid dienone is 1. The minimum atomic E-state index is -0.255. The largest absolute Gasteiger partial charge is 1.00 e. The fraction of sp³-hybridized carbons (Fsp3) is 0.833. The number of unbranched alkanes of at least 4 members (excludes halogenated alkanes) is 9. The van der Waals surface area contributed by atoms with Gasteiger partial charge in [-0.1, -0.05) is 64.4 Å². The molecule has 0 aromatic rings. The van der Waals surface area contributed by atoms with Crippen molar-refractivity contribution in [3.8, 4) is 0 Å². The van der Waals surface area contributed by atoms with Crippen LogP contribution in [0, 0.1) is 0 Å². The highest BCUT2D eigenvalue weighted by atomic mass is 79.9. The van der Waals surface area contributed by atoms with Crippen LogP contribution in [0.5, 0.6) is 0 Å². The standard InChI is InChI=1S/C18H36NO2.BrH/c1-5-7-8-9-10-11-12-13-14-15-17-19(3,4)21-18(20)16-6-2;/h6,16H,5,7-15,17H2,1-4H3;1H/q+1;/p-1. The molecule has 0 aromatic carbocycles. The second-order valence-electron chi connectivity index (χ2n) is 6.39. The van der Waals surface area contributed by atoms with Gasteiger partial charge >= 0.3 is 5.97 Å². The molecule has 3 nitrogen and oxygen atoms in total. The predicted molar refractivity (Wildman–Crippen MR) is 89.7 cm³/mol. The van der Waals surface area contributed by atoms with Crippen molar-refractivity contribution in [3.05, 3.63) is 12.2 Å². The minimum absolute atomic E-state index is 0. The zero-order valence-electron chi connectivity index (χ0n) is 15.1. The van der Waals surface area contributed by atoms with Crippen LogP contribution in [-0.2, 0) is 9.63 Å². The van der Waals surface area contributed by atoms with E-state index in [-0.39, 0.29) is 23.0 Å². The van der Waals surface area contributed by atoms with Crippen LogP contribution in [0.1, 0.15) is 78.1 Å². The first-order valence-electron chi connectivity index (χ1n) is 8.71. The van der Waals surface area contributed by atoms with Crippen molar-refractivity contribution in [1.29, 1.82) is 0 Å². The highest BCUT2D eigenvalue weighted by Crippen LogP contribution is 2.12. The lowest BCUT2D eigenvalue weighted by Gasteiger charge is -2.25. The molecule has 0 unspecified atom stereocenters. The molecule has 0 rings (SSSR count). The van der Waals surface area contributed by atoms with E-state index in [0.29, 0.717) is 4.65 Å². The quantitative estimate of drug-likeness (QED) is 0.212. The molecular weight excluding hydrogens is 342 g/mol. The Labute approximate surface area is 148 Å². The van der Waals surface area contributed by atoms with Crippen molar-refractivity contribution in [3.63, 3.8) is 0 Å². The van der Waals surface area contributed by atoms with Crippen LogP contribution in [0.2, 0.25) is 0 Å². The van der Waals surface area contributed by atoms with Crippen molar-refractivity contribution in [2.24, 2.45) is 0 Å². The zero-order chi connectivity index (χ0) is 16.0. The molecule has 0 bridgehead atoms.